The van der Waals surface area contributed by atoms with E-state index in [1.54, 1.807) is 6.26 Å². The van der Waals surface area contributed by atoms with E-state index in [-0.39, 0.29) is 5.25 Å². The van der Waals surface area contributed by atoms with Gasteiger partial charge in [-0.1, -0.05) is 13.0 Å². The molecule has 0 aliphatic rings. The quantitative estimate of drug-likeness (QED) is 0.807. The summed E-state index contributed by atoms with van der Waals surface area (Å²) in [6, 6.07) is 5.97. The summed E-state index contributed by atoms with van der Waals surface area (Å²) >= 11 is 0. The highest BCUT2D eigenvalue weighted by Crippen LogP contribution is 2.04. The van der Waals surface area contributed by atoms with Crippen LogP contribution in [0.4, 0.5) is 0 Å². The Labute approximate surface area is 110 Å². The van der Waals surface area contributed by atoms with Gasteiger partial charge >= 0.3 is 0 Å². The van der Waals surface area contributed by atoms with Gasteiger partial charge in [-0.25, -0.2) is 4.98 Å². The SMILES string of the molecule is CC(CCNCc1cn2ccccc2n1)S(C)=O. The van der Waals surface area contributed by atoms with E-state index in [2.05, 4.69) is 10.3 Å². The molecule has 0 radical (unpaired) electrons. The highest BCUT2D eigenvalue weighted by molar-refractivity contribution is 7.84. The summed E-state index contributed by atoms with van der Waals surface area (Å²) in [5, 5.41) is 3.59. The Morgan fingerprint density at radius 3 is 3.06 bits per heavy atom. The monoisotopic (exact) mass is 265 g/mol. The van der Waals surface area contributed by atoms with Crippen LogP contribution in [0.3, 0.4) is 0 Å². The van der Waals surface area contributed by atoms with Crippen LogP contribution in [0.15, 0.2) is 30.6 Å². The molecule has 2 heterocycles. The zero-order valence-electron chi connectivity index (χ0n) is 10.8. The Morgan fingerprint density at radius 1 is 1.50 bits per heavy atom. The first-order valence-corrected chi connectivity index (χ1v) is 7.74. The Balaban J connectivity index is 1.81. The van der Waals surface area contributed by atoms with Crippen LogP contribution < -0.4 is 5.32 Å². The minimum Gasteiger partial charge on any atom is -0.311 e. The van der Waals surface area contributed by atoms with Crippen LogP contribution in [0, 0.1) is 0 Å². The lowest BCUT2D eigenvalue weighted by Crippen LogP contribution is -2.21. The highest BCUT2D eigenvalue weighted by atomic mass is 32.2. The van der Waals surface area contributed by atoms with Gasteiger partial charge in [0, 0.05) is 41.2 Å². The normalized spacial score (nSPS) is 14.8. The van der Waals surface area contributed by atoms with Crippen molar-refractivity contribution in [2.24, 2.45) is 0 Å². The third kappa shape index (κ3) is 3.40. The number of pyridine rings is 1. The highest BCUT2D eigenvalue weighted by Gasteiger charge is 2.05. The van der Waals surface area contributed by atoms with E-state index in [0.29, 0.717) is 0 Å². The molecule has 0 bridgehead atoms. The number of rotatable bonds is 6. The van der Waals surface area contributed by atoms with E-state index < -0.39 is 10.8 Å². The number of imidazole rings is 1. The molecule has 0 spiro atoms. The van der Waals surface area contributed by atoms with Crippen LogP contribution in [0.2, 0.25) is 0 Å². The molecular formula is C13H19N3OS. The largest absolute Gasteiger partial charge is 0.311 e. The van der Waals surface area contributed by atoms with Crippen molar-refractivity contribution in [3.8, 4) is 0 Å². The molecule has 0 aliphatic carbocycles. The second-order valence-corrected chi connectivity index (χ2v) is 6.27. The van der Waals surface area contributed by atoms with Gasteiger partial charge in [-0.2, -0.15) is 0 Å². The molecule has 0 saturated carbocycles. The smallest absolute Gasteiger partial charge is 0.137 e. The number of nitrogens with zero attached hydrogens (tertiary/aromatic N) is 2. The first-order chi connectivity index (χ1) is 8.66. The average Bonchev–Trinajstić information content (AvgIpc) is 2.76. The van der Waals surface area contributed by atoms with Crippen molar-refractivity contribution in [3.63, 3.8) is 0 Å². The average molecular weight is 265 g/mol. The Kier molecular flexibility index (Phi) is 4.49. The first-order valence-electron chi connectivity index (χ1n) is 6.12. The molecule has 2 unspecified atom stereocenters. The lowest BCUT2D eigenvalue weighted by atomic mass is 10.3. The minimum absolute atomic E-state index is 0.249. The molecule has 0 fully saturated rings. The van der Waals surface area contributed by atoms with E-state index in [0.717, 1.165) is 30.9 Å². The van der Waals surface area contributed by atoms with Crippen molar-refractivity contribution in [2.45, 2.75) is 25.1 Å². The molecule has 98 valence electrons. The maximum atomic E-state index is 11.2. The summed E-state index contributed by atoms with van der Waals surface area (Å²) in [6.45, 7) is 3.64. The molecule has 2 atom stereocenters. The molecule has 0 aliphatic heterocycles. The molecular weight excluding hydrogens is 246 g/mol. The maximum absolute atomic E-state index is 11.2. The molecule has 2 aromatic rings. The van der Waals surface area contributed by atoms with Crippen molar-refractivity contribution >= 4 is 16.4 Å². The van der Waals surface area contributed by atoms with Gasteiger partial charge in [0.1, 0.15) is 5.65 Å². The van der Waals surface area contributed by atoms with Crippen LogP contribution >= 0.6 is 0 Å². The third-order valence-electron chi connectivity index (χ3n) is 3.01. The Morgan fingerprint density at radius 2 is 2.33 bits per heavy atom. The van der Waals surface area contributed by atoms with Crippen LogP contribution in [0.5, 0.6) is 0 Å². The van der Waals surface area contributed by atoms with Crippen LogP contribution in [0.25, 0.3) is 5.65 Å². The van der Waals surface area contributed by atoms with E-state index >= 15 is 0 Å². The Hall–Kier alpha value is -1.20. The van der Waals surface area contributed by atoms with E-state index in [9.17, 15) is 4.21 Å². The fraction of sp³-hybridized carbons (Fsp3) is 0.462. The lowest BCUT2D eigenvalue weighted by molar-refractivity contribution is 0.624. The number of hydrogen-bond acceptors (Lipinski definition) is 3. The van der Waals surface area contributed by atoms with Crippen LogP contribution in [-0.4, -0.2) is 31.6 Å². The van der Waals surface area contributed by atoms with Crippen molar-refractivity contribution in [1.82, 2.24) is 14.7 Å². The zero-order chi connectivity index (χ0) is 13.0. The van der Waals surface area contributed by atoms with Gasteiger partial charge in [0.2, 0.25) is 0 Å². The predicted octanol–water partition coefficient (Wildman–Crippen LogP) is 1.58. The van der Waals surface area contributed by atoms with Crippen molar-refractivity contribution in [3.05, 3.63) is 36.3 Å². The van der Waals surface area contributed by atoms with E-state index in [1.165, 1.54) is 0 Å². The summed E-state index contributed by atoms with van der Waals surface area (Å²) in [7, 11) is -0.730. The standard InChI is InChI=1S/C13H19N3OS/c1-11(18(2)17)6-7-14-9-12-10-16-8-4-3-5-13(16)15-12/h3-5,8,10-11,14H,6-7,9H2,1-2H3. The maximum Gasteiger partial charge on any atom is 0.137 e. The second kappa shape index (κ2) is 6.11. The molecule has 4 nitrogen and oxygen atoms in total. The zero-order valence-corrected chi connectivity index (χ0v) is 11.6. The second-order valence-electron chi connectivity index (χ2n) is 4.47. The fourth-order valence-electron chi connectivity index (χ4n) is 1.76. The molecule has 2 rings (SSSR count). The third-order valence-corrected chi connectivity index (χ3v) is 4.38. The van der Waals surface area contributed by atoms with E-state index in [4.69, 9.17) is 0 Å². The molecule has 0 saturated heterocycles. The van der Waals surface area contributed by atoms with Gasteiger partial charge in [0.05, 0.1) is 5.69 Å². The molecule has 0 aromatic carbocycles. The number of nitrogens with one attached hydrogen (secondary N) is 1. The van der Waals surface area contributed by atoms with Crippen LogP contribution in [-0.2, 0) is 17.3 Å². The van der Waals surface area contributed by atoms with Crippen molar-refractivity contribution in [2.75, 3.05) is 12.8 Å². The molecule has 1 N–H and O–H groups in total. The van der Waals surface area contributed by atoms with Gasteiger partial charge < -0.3 is 9.72 Å². The number of hydrogen-bond donors (Lipinski definition) is 1. The summed E-state index contributed by atoms with van der Waals surface area (Å²) in [6.07, 6.45) is 6.71. The molecule has 18 heavy (non-hydrogen) atoms. The summed E-state index contributed by atoms with van der Waals surface area (Å²) in [4.78, 5) is 4.50. The fourth-order valence-corrected chi connectivity index (χ4v) is 2.21. The van der Waals surface area contributed by atoms with Gasteiger partial charge in [-0.3, -0.25) is 4.21 Å². The predicted molar refractivity (Wildman–Crippen MR) is 75.0 cm³/mol. The number of fused-ring (bicyclic) bond motifs is 1. The van der Waals surface area contributed by atoms with Gasteiger partial charge in [0.25, 0.3) is 0 Å². The van der Waals surface area contributed by atoms with Crippen molar-refractivity contribution < 1.29 is 4.21 Å². The Bertz CT molecular complexity index is 505. The van der Waals surface area contributed by atoms with Gasteiger partial charge in [-0.15, -0.1) is 0 Å². The summed E-state index contributed by atoms with van der Waals surface area (Å²) < 4.78 is 13.2. The number of aromatic nitrogens is 2. The topological polar surface area (TPSA) is 46.4 Å². The molecule has 2 aromatic heterocycles. The van der Waals surface area contributed by atoms with Gasteiger partial charge in [-0.05, 0) is 25.1 Å². The summed E-state index contributed by atoms with van der Waals surface area (Å²) in [5.41, 5.74) is 2.00. The molecule has 0 amide bonds. The molecule has 5 heteroatoms. The van der Waals surface area contributed by atoms with Gasteiger partial charge in [0.15, 0.2) is 0 Å². The minimum atomic E-state index is -0.730. The summed E-state index contributed by atoms with van der Waals surface area (Å²) in [5.74, 6) is 0. The van der Waals surface area contributed by atoms with Crippen LogP contribution in [0.1, 0.15) is 19.0 Å². The lowest BCUT2D eigenvalue weighted by Gasteiger charge is -2.07. The first kappa shape index (κ1) is 13.2. The van der Waals surface area contributed by atoms with E-state index in [1.807, 2.05) is 41.9 Å². The van der Waals surface area contributed by atoms with Crippen molar-refractivity contribution in [1.29, 1.82) is 0 Å².